The molecule has 1 saturated heterocycles. The predicted octanol–water partition coefficient (Wildman–Crippen LogP) is 4.95. The van der Waals surface area contributed by atoms with Crippen molar-refractivity contribution in [3.05, 3.63) is 66.2 Å². The van der Waals surface area contributed by atoms with Crippen molar-refractivity contribution in [2.45, 2.75) is 32.4 Å². The molecule has 0 unspecified atom stereocenters. The van der Waals surface area contributed by atoms with Gasteiger partial charge in [-0.05, 0) is 61.8 Å². The molecular formula is C24H30N2O3S. The Morgan fingerprint density at radius 1 is 1.27 bits per heavy atom. The summed E-state index contributed by atoms with van der Waals surface area (Å²) in [7, 11) is 1.65. The zero-order valence-electron chi connectivity index (χ0n) is 17.7. The molecule has 1 fully saturated rings. The van der Waals surface area contributed by atoms with Crippen LogP contribution in [0.5, 0.6) is 11.5 Å². The molecular weight excluding hydrogens is 396 g/mol. The lowest BCUT2D eigenvalue weighted by Crippen LogP contribution is -2.39. The predicted molar refractivity (Wildman–Crippen MR) is 125 cm³/mol. The van der Waals surface area contributed by atoms with Crippen LogP contribution in [0.2, 0.25) is 0 Å². The highest BCUT2D eigenvalue weighted by atomic mass is 32.1. The van der Waals surface area contributed by atoms with E-state index in [-0.39, 0.29) is 6.10 Å². The molecule has 1 atom stereocenters. The number of hydrogen-bond acceptors (Lipinski definition) is 4. The molecule has 0 radical (unpaired) electrons. The van der Waals surface area contributed by atoms with Crippen LogP contribution >= 0.6 is 12.2 Å². The molecule has 0 bridgehead atoms. The smallest absolute Gasteiger partial charge is 0.173 e. The fourth-order valence-corrected chi connectivity index (χ4v) is 3.65. The lowest BCUT2D eigenvalue weighted by atomic mass is 10.1. The number of hydrogen-bond donors (Lipinski definition) is 1. The molecule has 160 valence electrons. The van der Waals surface area contributed by atoms with E-state index in [1.165, 1.54) is 5.56 Å². The molecule has 5 nitrogen and oxygen atoms in total. The van der Waals surface area contributed by atoms with Crippen molar-refractivity contribution in [3.8, 4) is 11.5 Å². The number of ether oxygens (including phenoxy) is 3. The molecule has 30 heavy (non-hydrogen) atoms. The van der Waals surface area contributed by atoms with E-state index in [0.717, 1.165) is 37.2 Å². The highest BCUT2D eigenvalue weighted by molar-refractivity contribution is 7.80. The lowest BCUT2D eigenvalue weighted by molar-refractivity contribution is 0.0905. The fraction of sp³-hybridized carbons (Fsp3) is 0.375. The Hall–Kier alpha value is -2.57. The standard InChI is InChI=1S/C24H30N2O3S/c1-4-13-29-22-12-9-19(15-23(22)27-3)16-26(17-21-6-5-14-28-21)24(30)25-20-10-7-18(2)8-11-20/h4,7-12,15,21H,1,5-6,13-14,16-17H2,2-3H3,(H,25,30)/t21-/m0/s1. The van der Waals surface area contributed by atoms with E-state index < -0.39 is 0 Å². The molecule has 6 heteroatoms. The summed E-state index contributed by atoms with van der Waals surface area (Å²) >= 11 is 5.76. The third-order valence-electron chi connectivity index (χ3n) is 5.00. The third-order valence-corrected chi connectivity index (χ3v) is 5.36. The third kappa shape index (κ3) is 6.21. The van der Waals surface area contributed by atoms with Crippen LogP contribution in [0, 0.1) is 6.92 Å². The Morgan fingerprint density at radius 2 is 2.07 bits per heavy atom. The molecule has 0 amide bonds. The largest absolute Gasteiger partial charge is 0.493 e. The minimum atomic E-state index is 0.194. The Morgan fingerprint density at radius 3 is 2.73 bits per heavy atom. The highest BCUT2D eigenvalue weighted by Crippen LogP contribution is 2.29. The first-order chi connectivity index (χ1) is 14.6. The van der Waals surface area contributed by atoms with E-state index in [4.69, 9.17) is 26.4 Å². The molecule has 0 saturated carbocycles. The van der Waals surface area contributed by atoms with Gasteiger partial charge >= 0.3 is 0 Å². The van der Waals surface area contributed by atoms with Crippen molar-refractivity contribution in [3.63, 3.8) is 0 Å². The maximum Gasteiger partial charge on any atom is 0.173 e. The molecule has 1 aliphatic heterocycles. The summed E-state index contributed by atoms with van der Waals surface area (Å²) in [5.74, 6) is 1.40. The molecule has 0 aromatic heterocycles. The van der Waals surface area contributed by atoms with Crippen molar-refractivity contribution in [1.82, 2.24) is 4.90 Å². The van der Waals surface area contributed by atoms with Crippen LogP contribution in [0.3, 0.4) is 0 Å². The number of methoxy groups -OCH3 is 1. The van der Waals surface area contributed by atoms with Gasteiger partial charge in [0.15, 0.2) is 16.6 Å². The topological polar surface area (TPSA) is 43.0 Å². The van der Waals surface area contributed by atoms with Gasteiger partial charge in [-0.3, -0.25) is 0 Å². The first-order valence-electron chi connectivity index (χ1n) is 10.2. The first-order valence-corrected chi connectivity index (χ1v) is 10.6. The van der Waals surface area contributed by atoms with Crippen molar-refractivity contribution >= 4 is 23.0 Å². The number of nitrogens with one attached hydrogen (secondary N) is 1. The second-order valence-electron chi connectivity index (χ2n) is 7.40. The SMILES string of the molecule is C=CCOc1ccc(CN(C[C@@H]2CCCO2)C(=S)Nc2ccc(C)cc2)cc1OC. The second kappa shape index (κ2) is 11.0. The molecule has 3 rings (SSSR count). The maximum atomic E-state index is 5.86. The van der Waals surface area contributed by atoms with E-state index >= 15 is 0 Å². The zero-order chi connectivity index (χ0) is 21.3. The average molecular weight is 427 g/mol. The van der Waals surface area contributed by atoms with Crippen LogP contribution in [0.25, 0.3) is 0 Å². The number of thiocarbonyl (C=S) groups is 1. The molecule has 1 N–H and O–H groups in total. The first kappa shape index (κ1) is 22.1. The van der Waals surface area contributed by atoms with Gasteiger partial charge in [-0.15, -0.1) is 0 Å². The number of aryl methyl sites for hydroxylation is 1. The van der Waals surface area contributed by atoms with Gasteiger partial charge in [0, 0.05) is 25.4 Å². The van der Waals surface area contributed by atoms with Crippen molar-refractivity contribution in [2.75, 3.05) is 32.2 Å². The summed E-state index contributed by atoms with van der Waals surface area (Å²) in [6.45, 7) is 8.41. The van der Waals surface area contributed by atoms with E-state index in [0.29, 0.717) is 29.8 Å². The van der Waals surface area contributed by atoms with Crippen LogP contribution in [0.1, 0.15) is 24.0 Å². The van der Waals surface area contributed by atoms with Crippen molar-refractivity contribution in [1.29, 1.82) is 0 Å². The molecule has 0 spiro atoms. The Bertz CT molecular complexity index is 848. The zero-order valence-corrected chi connectivity index (χ0v) is 18.5. The summed E-state index contributed by atoms with van der Waals surface area (Å²) in [6.07, 6.45) is 4.06. The van der Waals surface area contributed by atoms with E-state index in [1.807, 2.05) is 30.3 Å². The number of rotatable bonds is 9. The van der Waals surface area contributed by atoms with Crippen LogP contribution in [-0.2, 0) is 11.3 Å². The number of nitrogens with zero attached hydrogens (tertiary/aromatic N) is 1. The van der Waals surface area contributed by atoms with Crippen LogP contribution in [-0.4, -0.2) is 43.0 Å². The van der Waals surface area contributed by atoms with Crippen LogP contribution in [0.4, 0.5) is 5.69 Å². The van der Waals surface area contributed by atoms with Gasteiger partial charge < -0.3 is 24.4 Å². The molecule has 2 aromatic carbocycles. The van der Waals surface area contributed by atoms with Gasteiger partial charge in [-0.25, -0.2) is 0 Å². The quantitative estimate of drug-likeness (QED) is 0.452. The molecule has 2 aromatic rings. The summed E-state index contributed by atoms with van der Waals surface area (Å²) in [5, 5.41) is 4.05. The van der Waals surface area contributed by atoms with E-state index in [9.17, 15) is 0 Å². The van der Waals surface area contributed by atoms with Crippen molar-refractivity contribution < 1.29 is 14.2 Å². The van der Waals surface area contributed by atoms with Crippen LogP contribution in [0.15, 0.2) is 55.1 Å². The average Bonchev–Trinajstić information content (AvgIpc) is 3.27. The molecule has 1 aliphatic rings. The van der Waals surface area contributed by atoms with Crippen molar-refractivity contribution in [2.24, 2.45) is 0 Å². The van der Waals surface area contributed by atoms with Gasteiger partial charge in [0.1, 0.15) is 6.61 Å². The van der Waals surface area contributed by atoms with Crippen LogP contribution < -0.4 is 14.8 Å². The van der Waals surface area contributed by atoms with Gasteiger partial charge in [-0.1, -0.05) is 36.4 Å². The summed E-state index contributed by atoms with van der Waals surface area (Å²) in [5.41, 5.74) is 3.28. The van der Waals surface area contributed by atoms with E-state index in [2.05, 4.69) is 35.9 Å². The Balaban J connectivity index is 1.75. The Kier molecular flexibility index (Phi) is 8.11. The number of benzene rings is 2. The van der Waals surface area contributed by atoms with Gasteiger partial charge in [0.25, 0.3) is 0 Å². The lowest BCUT2D eigenvalue weighted by Gasteiger charge is -2.28. The van der Waals surface area contributed by atoms with Gasteiger partial charge in [0.05, 0.1) is 13.2 Å². The minimum Gasteiger partial charge on any atom is -0.493 e. The summed E-state index contributed by atoms with van der Waals surface area (Å²) in [4.78, 5) is 2.16. The normalized spacial score (nSPS) is 15.5. The minimum absolute atomic E-state index is 0.194. The second-order valence-corrected chi connectivity index (χ2v) is 7.78. The highest BCUT2D eigenvalue weighted by Gasteiger charge is 2.21. The van der Waals surface area contributed by atoms with Gasteiger partial charge in [-0.2, -0.15) is 0 Å². The van der Waals surface area contributed by atoms with E-state index in [1.54, 1.807) is 13.2 Å². The number of anilines is 1. The summed E-state index contributed by atoms with van der Waals surface area (Å²) in [6, 6.07) is 14.2. The molecule has 1 heterocycles. The monoisotopic (exact) mass is 426 g/mol. The molecule has 0 aliphatic carbocycles. The van der Waals surface area contributed by atoms with Gasteiger partial charge in [0.2, 0.25) is 0 Å². The maximum absolute atomic E-state index is 5.86. The fourth-order valence-electron chi connectivity index (χ4n) is 3.39. The summed E-state index contributed by atoms with van der Waals surface area (Å²) < 4.78 is 17.0. The Labute approximate surface area is 184 Å².